The van der Waals surface area contributed by atoms with E-state index >= 15 is 0 Å². The number of carbonyl (C=O) groups excluding carboxylic acids is 1. The largest absolute Gasteiger partial charge is 0.370 e. The molecule has 8 heteroatoms. The summed E-state index contributed by atoms with van der Waals surface area (Å²) in [6.07, 6.45) is 5.22. The van der Waals surface area contributed by atoms with Crippen LogP contribution in [-0.2, 0) is 0 Å². The van der Waals surface area contributed by atoms with E-state index in [2.05, 4.69) is 20.3 Å². The summed E-state index contributed by atoms with van der Waals surface area (Å²) in [5.74, 6) is 0.575. The highest BCUT2D eigenvalue weighted by Crippen LogP contribution is 2.31. The molecule has 4 rings (SSSR count). The molecule has 1 spiro atoms. The van der Waals surface area contributed by atoms with Crippen molar-refractivity contribution in [3.8, 4) is 10.6 Å². The average Bonchev–Trinajstić information content (AvgIpc) is 3.19. The maximum absolute atomic E-state index is 12.9. The van der Waals surface area contributed by atoms with Gasteiger partial charge >= 0.3 is 0 Å². The molecule has 1 amide bonds. The van der Waals surface area contributed by atoms with Gasteiger partial charge in [0.2, 0.25) is 0 Å². The molecule has 25 heavy (non-hydrogen) atoms. The molecule has 2 aromatic rings. The summed E-state index contributed by atoms with van der Waals surface area (Å²) in [6, 6.07) is 3.83. The quantitative estimate of drug-likeness (QED) is 0.848. The van der Waals surface area contributed by atoms with Crippen LogP contribution in [-0.4, -0.2) is 51.9 Å². The minimum Gasteiger partial charge on any atom is -0.370 e. The highest BCUT2D eigenvalue weighted by molar-refractivity contribution is 7.17. The summed E-state index contributed by atoms with van der Waals surface area (Å²) in [7, 11) is 0. The summed E-state index contributed by atoms with van der Waals surface area (Å²) >= 11 is 1.44. The molecular weight excluding hydrogens is 336 g/mol. The Bertz CT molecular complexity index is 823. The molecule has 0 radical (unpaired) electrons. The van der Waals surface area contributed by atoms with Crippen LogP contribution in [0.15, 0.2) is 29.5 Å². The molecule has 0 bridgehead atoms. The lowest BCUT2D eigenvalue weighted by Crippen LogP contribution is -2.55. The Morgan fingerprint density at radius 3 is 2.84 bits per heavy atom. The minimum absolute atomic E-state index is 0.0619. The van der Waals surface area contributed by atoms with Gasteiger partial charge in [-0.3, -0.25) is 14.8 Å². The molecule has 0 aromatic carbocycles. The van der Waals surface area contributed by atoms with E-state index in [0.717, 1.165) is 29.1 Å². The lowest BCUT2D eigenvalue weighted by molar-refractivity contribution is 0.0672. The predicted octanol–water partition coefficient (Wildman–Crippen LogP) is 1.41. The van der Waals surface area contributed by atoms with E-state index in [1.807, 2.05) is 24.0 Å². The van der Waals surface area contributed by atoms with E-state index in [4.69, 9.17) is 5.73 Å². The van der Waals surface area contributed by atoms with Gasteiger partial charge in [-0.1, -0.05) is 0 Å². The Balaban J connectivity index is 1.48. The van der Waals surface area contributed by atoms with Gasteiger partial charge in [-0.25, -0.2) is 4.98 Å². The standard InChI is InChI=1S/C17H20N6OS/c1-11-13(25-14(21-11)12-3-2-6-19-9-12)15(24)23-7-4-17(5-8-23)10-20-16(18)22-17/h2-3,6,9H,4-5,7-8,10H2,1H3,(H3,18,20,22). The topological polar surface area (TPSA) is 96.5 Å². The first kappa shape index (κ1) is 16.0. The van der Waals surface area contributed by atoms with Crippen molar-refractivity contribution in [1.29, 1.82) is 0 Å². The lowest BCUT2D eigenvalue weighted by Gasteiger charge is -2.38. The number of guanidine groups is 1. The maximum Gasteiger partial charge on any atom is 0.265 e. The maximum atomic E-state index is 12.9. The van der Waals surface area contributed by atoms with E-state index in [1.165, 1.54) is 11.3 Å². The zero-order chi connectivity index (χ0) is 17.4. The number of likely N-dealkylation sites (tertiary alicyclic amines) is 1. The minimum atomic E-state index is -0.0650. The van der Waals surface area contributed by atoms with Gasteiger partial charge in [0, 0.05) is 31.0 Å². The Morgan fingerprint density at radius 2 is 2.20 bits per heavy atom. The summed E-state index contributed by atoms with van der Waals surface area (Å²) in [5.41, 5.74) is 7.40. The van der Waals surface area contributed by atoms with Crippen LogP contribution in [0, 0.1) is 6.92 Å². The van der Waals surface area contributed by atoms with Crippen LogP contribution in [0.25, 0.3) is 10.6 Å². The number of nitrogens with two attached hydrogens (primary N) is 1. The molecule has 7 nitrogen and oxygen atoms in total. The normalized spacial score (nSPS) is 18.9. The number of hydrogen-bond donors (Lipinski definition) is 2. The first-order valence-electron chi connectivity index (χ1n) is 8.32. The van der Waals surface area contributed by atoms with Crippen LogP contribution in [0.1, 0.15) is 28.2 Å². The molecule has 4 heterocycles. The Kier molecular flexibility index (Phi) is 3.91. The van der Waals surface area contributed by atoms with Crippen molar-refractivity contribution >= 4 is 23.2 Å². The first-order valence-corrected chi connectivity index (χ1v) is 9.13. The Morgan fingerprint density at radius 1 is 1.40 bits per heavy atom. The Labute approximate surface area is 150 Å². The van der Waals surface area contributed by atoms with Crippen molar-refractivity contribution in [1.82, 2.24) is 20.2 Å². The molecule has 2 aromatic heterocycles. The van der Waals surface area contributed by atoms with E-state index in [-0.39, 0.29) is 11.4 Å². The number of aromatic nitrogens is 2. The van der Waals surface area contributed by atoms with Crippen LogP contribution in [0.3, 0.4) is 0 Å². The molecule has 3 N–H and O–H groups in total. The smallest absolute Gasteiger partial charge is 0.265 e. The van der Waals surface area contributed by atoms with Gasteiger partial charge < -0.3 is 16.0 Å². The number of nitrogens with one attached hydrogen (secondary N) is 1. The summed E-state index contributed by atoms with van der Waals surface area (Å²) in [5, 5.41) is 4.11. The first-order chi connectivity index (χ1) is 12.1. The van der Waals surface area contributed by atoms with Crippen molar-refractivity contribution in [2.45, 2.75) is 25.3 Å². The molecule has 0 aliphatic carbocycles. The molecule has 0 atom stereocenters. The highest BCUT2D eigenvalue weighted by atomic mass is 32.1. The van der Waals surface area contributed by atoms with Gasteiger partial charge in [0.1, 0.15) is 9.88 Å². The number of nitrogens with zero attached hydrogens (tertiary/aromatic N) is 4. The van der Waals surface area contributed by atoms with Gasteiger partial charge in [0.25, 0.3) is 5.91 Å². The van der Waals surface area contributed by atoms with Gasteiger partial charge in [0.15, 0.2) is 5.96 Å². The fraction of sp³-hybridized carbons (Fsp3) is 0.412. The lowest BCUT2D eigenvalue weighted by atomic mass is 9.88. The Hall–Kier alpha value is -2.48. The van der Waals surface area contributed by atoms with E-state index < -0.39 is 0 Å². The number of piperidine rings is 1. The van der Waals surface area contributed by atoms with E-state index in [9.17, 15) is 4.79 Å². The number of aryl methyl sites for hydroxylation is 1. The number of pyridine rings is 1. The molecule has 2 aliphatic heterocycles. The molecule has 0 saturated carbocycles. The number of hydrogen-bond acceptors (Lipinski definition) is 7. The highest BCUT2D eigenvalue weighted by Gasteiger charge is 2.39. The van der Waals surface area contributed by atoms with Crippen molar-refractivity contribution in [3.05, 3.63) is 35.1 Å². The molecule has 130 valence electrons. The van der Waals surface area contributed by atoms with Gasteiger partial charge in [0.05, 0.1) is 17.8 Å². The second kappa shape index (κ2) is 6.11. The number of amides is 1. The third-order valence-electron chi connectivity index (χ3n) is 4.85. The summed E-state index contributed by atoms with van der Waals surface area (Å²) in [6.45, 7) is 4.00. The number of carbonyl (C=O) groups is 1. The van der Waals surface area contributed by atoms with Gasteiger partial charge in [-0.2, -0.15) is 0 Å². The van der Waals surface area contributed by atoms with E-state index in [1.54, 1.807) is 12.4 Å². The SMILES string of the molecule is Cc1nc(-c2cccnc2)sc1C(=O)N1CCC2(CC1)CN=C(N)N2. The van der Waals surface area contributed by atoms with Crippen LogP contribution in [0.2, 0.25) is 0 Å². The van der Waals surface area contributed by atoms with Gasteiger partial charge in [-0.05, 0) is 31.9 Å². The second-order valence-electron chi connectivity index (χ2n) is 6.57. The van der Waals surface area contributed by atoms with Crippen molar-refractivity contribution in [2.24, 2.45) is 10.7 Å². The molecule has 1 saturated heterocycles. The van der Waals surface area contributed by atoms with Crippen molar-refractivity contribution in [2.75, 3.05) is 19.6 Å². The molecule has 1 fully saturated rings. The zero-order valence-corrected chi connectivity index (χ0v) is 14.8. The van der Waals surface area contributed by atoms with Crippen LogP contribution < -0.4 is 11.1 Å². The van der Waals surface area contributed by atoms with Crippen LogP contribution in [0.5, 0.6) is 0 Å². The fourth-order valence-corrected chi connectivity index (χ4v) is 4.38. The third kappa shape index (κ3) is 2.97. The number of aliphatic imine (C=N–C) groups is 1. The number of rotatable bonds is 2. The average molecular weight is 356 g/mol. The van der Waals surface area contributed by atoms with Crippen molar-refractivity contribution < 1.29 is 4.79 Å². The monoisotopic (exact) mass is 356 g/mol. The summed E-state index contributed by atoms with van der Waals surface area (Å²) < 4.78 is 0. The fourth-order valence-electron chi connectivity index (χ4n) is 3.36. The second-order valence-corrected chi connectivity index (χ2v) is 7.57. The molecule has 2 aliphatic rings. The van der Waals surface area contributed by atoms with Crippen LogP contribution in [0.4, 0.5) is 0 Å². The van der Waals surface area contributed by atoms with Crippen LogP contribution >= 0.6 is 11.3 Å². The molecular formula is C17H20N6OS. The van der Waals surface area contributed by atoms with E-state index in [0.29, 0.717) is 30.5 Å². The zero-order valence-electron chi connectivity index (χ0n) is 14.0. The number of thiazole rings is 1. The third-order valence-corrected chi connectivity index (χ3v) is 6.05. The predicted molar refractivity (Wildman–Crippen MR) is 97.6 cm³/mol. The van der Waals surface area contributed by atoms with Crippen molar-refractivity contribution in [3.63, 3.8) is 0 Å². The van der Waals surface area contributed by atoms with Gasteiger partial charge in [-0.15, -0.1) is 11.3 Å². The molecule has 0 unspecified atom stereocenters. The summed E-state index contributed by atoms with van der Waals surface area (Å²) in [4.78, 5) is 28.5.